The van der Waals surface area contributed by atoms with Crippen molar-refractivity contribution in [2.75, 3.05) is 13.6 Å². The van der Waals surface area contributed by atoms with Gasteiger partial charge in [-0.05, 0) is 39.2 Å². The molecule has 0 saturated heterocycles. The summed E-state index contributed by atoms with van der Waals surface area (Å²) < 4.78 is 13.7. The molecule has 0 unspecified atom stereocenters. The molecule has 2 nitrogen and oxygen atoms in total. The van der Waals surface area contributed by atoms with E-state index >= 15 is 0 Å². The van der Waals surface area contributed by atoms with Gasteiger partial charge in [0.15, 0.2) is 0 Å². The van der Waals surface area contributed by atoms with Gasteiger partial charge >= 0.3 is 0 Å². The number of hydrogen-bond acceptors (Lipinski definition) is 2. The highest BCUT2D eigenvalue weighted by Crippen LogP contribution is 2.34. The average molecular weight is 215 g/mol. The minimum atomic E-state index is -0.688. The van der Waals surface area contributed by atoms with E-state index in [1.165, 1.54) is 0 Å². The topological polar surface area (TPSA) is 23.5 Å². The summed E-state index contributed by atoms with van der Waals surface area (Å²) >= 11 is 0. The van der Waals surface area contributed by atoms with Gasteiger partial charge in [0, 0.05) is 12.6 Å². The van der Waals surface area contributed by atoms with Gasteiger partial charge in [-0.3, -0.25) is 4.90 Å². The molecule has 0 aliphatic heterocycles. The van der Waals surface area contributed by atoms with Gasteiger partial charge in [-0.25, -0.2) is 4.39 Å². The maximum absolute atomic E-state index is 13.7. The number of rotatable bonds is 3. The summed E-state index contributed by atoms with van der Waals surface area (Å²) in [6.45, 7) is 0.651. The van der Waals surface area contributed by atoms with Gasteiger partial charge in [-0.1, -0.05) is 12.8 Å². The summed E-state index contributed by atoms with van der Waals surface area (Å²) in [5, 5.41) is 10.0. The molecule has 2 aliphatic rings. The molecule has 0 bridgehead atoms. The van der Waals surface area contributed by atoms with E-state index in [0.717, 1.165) is 38.5 Å². The molecule has 3 heteroatoms. The smallest absolute Gasteiger partial charge is 0.116 e. The van der Waals surface area contributed by atoms with Crippen molar-refractivity contribution in [3.8, 4) is 0 Å². The SMILES string of the molecule is CN(CC1(O)CCC1)[C@@H]1CCCC[C@H]1F. The van der Waals surface area contributed by atoms with E-state index in [2.05, 4.69) is 0 Å². The monoisotopic (exact) mass is 215 g/mol. The van der Waals surface area contributed by atoms with E-state index < -0.39 is 11.8 Å². The zero-order valence-electron chi connectivity index (χ0n) is 9.58. The molecule has 0 aromatic heterocycles. The molecule has 2 rings (SSSR count). The molecule has 2 atom stereocenters. The fraction of sp³-hybridized carbons (Fsp3) is 1.00. The lowest BCUT2D eigenvalue weighted by molar-refractivity contribution is -0.0697. The van der Waals surface area contributed by atoms with Crippen LogP contribution in [0.4, 0.5) is 4.39 Å². The Morgan fingerprint density at radius 3 is 2.47 bits per heavy atom. The normalized spacial score (nSPS) is 35.2. The third-order valence-corrected chi connectivity index (χ3v) is 4.04. The van der Waals surface area contributed by atoms with Crippen LogP contribution in [0.2, 0.25) is 0 Å². The van der Waals surface area contributed by atoms with Gasteiger partial charge in [-0.15, -0.1) is 0 Å². The van der Waals surface area contributed by atoms with Gasteiger partial charge in [0.1, 0.15) is 6.17 Å². The summed E-state index contributed by atoms with van der Waals surface area (Å²) in [6.07, 6.45) is 6.02. The first-order chi connectivity index (χ1) is 7.11. The zero-order valence-corrected chi connectivity index (χ0v) is 9.58. The van der Waals surface area contributed by atoms with Crippen LogP contribution in [0.25, 0.3) is 0 Å². The molecule has 1 N–H and O–H groups in total. The summed E-state index contributed by atoms with van der Waals surface area (Å²) in [6, 6.07) is 0.0448. The third-order valence-electron chi connectivity index (χ3n) is 4.04. The van der Waals surface area contributed by atoms with Crippen molar-refractivity contribution >= 4 is 0 Å². The molecule has 0 heterocycles. The van der Waals surface area contributed by atoms with Crippen molar-refractivity contribution in [1.29, 1.82) is 0 Å². The second kappa shape index (κ2) is 4.38. The predicted octanol–water partition coefficient (Wildman–Crippen LogP) is 2.11. The van der Waals surface area contributed by atoms with Gasteiger partial charge in [0.2, 0.25) is 0 Å². The Kier molecular flexibility index (Phi) is 3.31. The largest absolute Gasteiger partial charge is 0.389 e. The maximum atomic E-state index is 13.7. The molecule has 0 aromatic carbocycles. The Bertz CT molecular complexity index is 218. The second-order valence-electron chi connectivity index (χ2n) is 5.36. The molecule has 15 heavy (non-hydrogen) atoms. The third kappa shape index (κ3) is 2.51. The zero-order chi connectivity index (χ0) is 10.9. The van der Waals surface area contributed by atoms with Crippen LogP contribution in [0.3, 0.4) is 0 Å². The number of hydrogen-bond donors (Lipinski definition) is 1. The molecule has 88 valence electrons. The van der Waals surface area contributed by atoms with Crippen LogP contribution in [0, 0.1) is 0 Å². The highest BCUT2D eigenvalue weighted by atomic mass is 19.1. The number of alkyl halides is 1. The Hall–Kier alpha value is -0.150. The molecule has 0 radical (unpaired) electrons. The fourth-order valence-corrected chi connectivity index (χ4v) is 2.89. The van der Waals surface area contributed by atoms with Crippen molar-refractivity contribution < 1.29 is 9.50 Å². The lowest BCUT2D eigenvalue weighted by Crippen LogP contribution is -2.52. The van der Waals surface area contributed by atoms with Crippen LogP contribution in [0.1, 0.15) is 44.9 Å². The number of aliphatic hydroxyl groups is 1. The fourth-order valence-electron chi connectivity index (χ4n) is 2.89. The predicted molar refractivity (Wildman–Crippen MR) is 58.6 cm³/mol. The Morgan fingerprint density at radius 2 is 1.93 bits per heavy atom. The lowest BCUT2D eigenvalue weighted by atomic mass is 9.79. The highest BCUT2D eigenvalue weighted by molar-refractivity contribution is 4.92. The molecular formula is C12H22FNO. The number of likely N-dealkylation sites (N-methyl/N-ethyl adjacent to an activating group) is 1. The van der Waals surface area contributed by atoms with Gasteiger partial charge in [0.25, 0.3) is 0 Å². The Balaban J connectivity index is 1.85. The van der Waals surface area contributed by atoms with Gasteiger partial charge < -0.3 is 5.11 Å². The van der Waals surface area contributed by atoms with Crippen LogP contribution in [0.15, 0.2) is 0 Å². The first kappa shape index (κ1) is 11.3. The lowest BCUT2D eigenvalue weighted by Gasteiger charge is -2.43. The summed E-state index contributed by atoms with van der Waals surface area (Å²) in [4.78, 5) is 2.04. The Labute approximate surface area is 91.5 Å². The minimum absolute atomic E-state index is 0.0448. The van der Waals surface area contributed by atoms with Crippen molar-refractivity contribution in [2.24, 2.45) is 0 Å². The van der Waals surface area contributed by atoms with Crippen molar-refractivity contribution in [3.63, 3.8) is 0 Å². The molecule has 2 fully saturated rings. The first-order valence-corrected chi connectivity index (χ1v) is 6.17. The standard InChI is InChI=1S/C12H22FNO/c1-14(9-12(15)7-4-8-12)11-6-3-2-5-10(11)13/h10-11,15H,2-9H2,1H3/t10-,11-/m1/s1. The number of nitrogens with zero attached hydrogens (tertiary/aromatic N) is 1. The van der Waals surface area contributed by atoms with Crippen molar-refractivity contribution in [3.05, 3.63) is 0 Å². The van der Waals surface area contributed by atoms with Gasteiger partial charge in [-0.2, -0.15) is 0 Å². The molecule has 2 saturated carbocycles. The summed E-state index contributed by atoms with van der Waals surface area (Å²) in [5.41, 5.74) is -0.508. The second-order valence-corrected chi connectivity index (χ2v) is 5.36. The van der Waals surface area contributed by atoms with Crippen LogP contribution >= 0.6 is 0 Å². The molecular weight excluding hydrogens is 193 g/mol. The van der Waals surface area contributed by atoms with E-state index in [0.29, 0.717) is 13.0 Å². The van der Waals surface area contributed by atoms with E-state index in [1.54, 1.807) is 0 Å². The van der Waals surface area contributed by atoms with E-state index in [1.807, 2.05) is 11.9 Å². The number of halogens is 1. The maximum Gasteiger partial charge on any atom is 0.116 e. The van der Waals surface area contributed by atoms with Crippen molar-refractivity contribution in [1.82, 2.24) is 4.90 Å². The van der Waals surface area contributed by atoms with Gasteiger partial charge in [0.05, 0.1) is 5.60 Å². The molecule has 0 amide bonds. The molecule has 0 aromatic rings. The Morgan fingerprint density at radius 1 is 1.27 bits per heavy atom. The van der Waals surface area contributed by atoms with Crippen LogP contribution in [-0.2, 0) is 0 Å². The highest BCUT2D eigenvalue weighted by Gasteiger charge is 2.38. The first-order valence-electron chi connectivity index (χ1n) is 6.17. The van der Waals surface area contributed by atoms with Crippen LogP contribution < -0.4 is 0 Å². The minimum Gasteiger partial charge on any atom is -0.389 e. The summed E-state index contributed by atoms with van der Waals surface area (Å²) in [5.74, 6) is 0. The molecule has 2 aliphatic carbocycles. The van der Waals surface area contributed by atoms with E-state index in [4.69, 9.17) is 0 Å². The molecule has 0 spiro atoms. The van der Waals surface area contributed by atoms with E-state index in [9.17, 15) is 9.50 Å². The van der Waals surface area contributed by atoms with E-state index in [-0.39, 0.29) is 6.04 Å². The summed E-state index contributed by atoms with van der Waals surface area (Å²) in [7, 11) is 1.96. The quantitative estimate of drug-likeness (QED) is 0.779. The average Bonchev–Trinajstić information content (AvgIpc) is 2.16. The van der Waals surface area contributed by atoms with Crippen LogP contribution in [-0.4, -0.2) is 41.4 Å². The van der Waals surface area contributed by atoms with Crippen molar-refractivity contribution in [2.45, 2.75) is 62.8 Å². The van der Waals surface area contributed by atoms with Crippen LogP contribution in [0.5, 0.6) is 0 Å².